The monoisotopic (exact) mass is 287 g/mol. The molecule has 2 saturated heterocycles. The number of nitrogens with one attached hydrogen (secondary N) is 1. The van der Waals surface area contributed by atoms with E-state index >= 15 is 0 Å². The second kappa shape index (κ2) is 5.89. The maximum atomic E-state index is 4.47. The van der Waals surface area contributed by atoms with Crippen molar-refractivity contribution in [1.82, 2.24) is 20.4 Å². The molecule has 5 nitrogen and oxygen atoms in total. The van der Waals surface area contributed by atoms with Crippen LogP contribution in [-0.4, -0.2) is 53.4 Å². The predicted octanol–water partition coefficient (Wildman–Crippen LogP) is 1.40. The van der Waals surface area contributed by atoms with Gasteiger partial charge in [-0.1, -0.05) is 0 Å². The molecule has 0 bridgehead atoms. The Labute approximate surface area is 126 Å². The number of rotatable bonds is 4. The van der Waals surface area contributed by atoms with Crippen LogP contribution in [0.4, 0.5) is 5.82 Å². The molecular weight excluding hydrogens is 262 g/mol. The molecule has 0 radical (unpaired) electrons. The van der Waals surface area contributed by atoms with Crippen LogP contribution in [0.25, 0.3) is 0 Å². The molecule has 3 fully saturated rings. The van der Waals surface area contributed by atoms with Crippen molar-refractivity contribution in [3.8, 4) is 0 Å². The minimum Gasteiger partial charge on any atom is -0.354 e. The topological polar surface area (TPSA) is 44.3 Å². The zero-order chi connectivity index (χ0) is 14.1. The third kappa shape index (κ3) is 3.19. The van der Waals surface area contributed by atoms with Crippen LogP contribution in [0, 0.1) is 0 Å². The summed E-state index contributed by atoms with van der Waals surface area (Å²) in [4.78, 5) is 5.09. The minimum atomic E-state index is 0.727. The molecular formula is C16H25N5. The largest absolute Gasteiger partial charge is 0.354 e. The van der Waals surface area contributed by atoms with E-state index in [9.17, 15) is 0 Å². The van der Waals surface area contributed by atoms with E-state index in [1.54, 1.807) is 0 Å². The fourth-order valence-corrected chi connectivity index (χ4v) is 3.57. The van der Waals surface area contributed by atoms with E-state index in [-0.39, 0.29) is 0 Å². The quantitative estimate of drug-likeness (QED) is 0.907. The lowest BCUT2D eigenvalue weighted by Crippen LogP contribution is -2.37. The summed E-state index contributed by atoms with van der Waals surface area (Å²) in [6.45, 7) is 5.62. The summed E-state index contributed by atoms with van der Waals surface area (Å²) in [5.41, 5.74) is 1.06. The van der Waals surface area contributed by atoms with E-state index in [0.717, 1.165) is 43.2 Å². The second-order valence-corrected chi connectivity index (χ2v) is 6.67. The van der Waals surface area contributed by atoms with Crippen LogP contribution >= 0.6 is 0 Å². The van der Waals surface area contributed by atoms with Crippen molar-refractivity contribution in [2.75, 3.05) is 31.1 Å². The third-order valence-corrected chi connectivity index (χ3v) is 4.98. The van der Waals surface area contributed by atoms with Gasteiger partial charge in [-0.15, -0.1) is 5.10 Å². The molecule has 0 spiro atoms. The van der Waals surface area contributed by atoms with Gasteiger partial charge in [-0.2, -0.15) is 5.10 Å². The summed E-state index contributed by atoms with van der Waals surface area (Å²) >= 11 is 0. The molecule has 3 aliphatic rings. The Morgan fingerprint density at radius 2 is 1.95 bits per heavy atom. The van der Waals surface area contributed by atoms with Crippen molar-refractivity contribution in [2.45, 2.75) is 50.7 Å². The normalized spacial score (nSPS) is 26.7. The Balaban J connectivity index is 1.39. The molecule has 1 aliphatic carbocycles. The summed E-state index contributed by atoms with van der Waals surface area (Å²) in [5.74, 6) is 1.05. The Morgan fingerprint density at radius 3 is 2.76 bits per heavy atom. The molecule has 1 atom stereocenters. The van der Waals surface area contributed by atoms with Gasteiger partial charge in [0.25, 0.3) is 0 Å². The zero-order valence-corrected chi connectivity index (χ0v) is 12.7. The van der Waals surface area contributed by atoms with Crippen molar-refractivity contribution in [1.29, 1.82) is 0 Å². The van der Waals surface area contributed by atoms with Crippen LogP contribution in [0.15, 0.2) is 12.1 Å². The van der Waals surface area contributed by atoms with Crippen LogP contribution in [0.1, 0.15) is 37.8 Å². The number of fused-ring (bicyclic) bond motifs is 1. The van der Waals surface area contributed by atoms with Gasteiger partial charge in [0.05, 0.1) is 5.69 Å². The molecule has 0 aromatic carbocycles. The summed E-state index contributed by atoms with van der Waals surface area (Å²) in [7, 11) is 0. The first-order chi connectivity index (χ1) is 10.4. The Bertz CT molecular complexity index is 470. The molecule has 3 heterocycles. The second-order valence-electron chi connectivity index (χ2n) is 6.67. The average Bonchev–Trinajstić information content (AvgIpc) is 3.29. The Kier molecular flexibility index (Phi) is 3.78. The van der Waals surface area contributed by atoms with E-state index in [2.05, 4.69) is 37.4 Å². The van der Waals surface area contributed by atoms with Gasteiger partial charge in [0.15, 0.2) is 5.82 Å². The standard InChI is InChI=1S/C16H25N5/c1-3-15-12-21(10-2-9-20(15)8-1)16-7-6-14(18-19-16)11-17-13-4-5-13/h6-7,13,15,17H,1-5,8-12H2. The molecule has 1 N–H and O–H groups in total. The zero-order valence-electron chi connectivity index (χ0n) is 12.7. The highest BCUT2D eigenvalue weighted by molar-refractivity contribution is 5.38. The Morgan fingerprint density at radius 1 is 1.05 bits per heavy atom. The molecule has 4 rings (SSSR count). The maximum absolute atomic E-state index is 4.47. The average molecular weight is 287 g/mol. The molecule has 5 heteroatoms. The van der Waals surface area contributed by atoms with Crippen LogP contribution in [0.5, 0.6) is 0 Å². The van der Waals surface area contributed by atoms with Gasteiger partial charge in [0.1, 0.15) is 0 Å². The lowest BCUT2D eigenvalue weighted by Gasteiger charge is -2.26. The van der Waals surface area contributed by atoms with Crippen molar-refractivity contribution >= 4 is 5.82 Å². The molecule has 1 saturated carbocycles. The minimum absolute atomic E-state index is 0.727. The van der Waals surface area contributed by atoms with Crippen LogP contribution in [0.3, 0.4) is 0 Å². The molecule has 1 unspecified atom stereocenters. The lowest BCUT2D eigenvalue weighted by atomic mass is 10.2. The van der Waals surface area contributed by atoms with Crippen molar-refractivity contribution in [2.24, 2.45) is 0 Å². The Hall–Kier alpha value is -1.20. The lowest BCUT2D eigenvalue weighted by molar-refractivity contribution is 0.273. The summed E-state index contributed by atoms with van der Waals surface area (Å²) in [6, 6.07) is 5.74. The number of anilines is 1. The molecule has 1 aromatic rings. The van der Waals surface area contributed by atoms with E-state index in [0.29, 0.717) is 0 Å². The first kappa shape index (κ1) is 13.5. The number of nitrogens with zero attached hydrogens (tertiary/aromatic N) is 4. The van der Waals surface area contributed by atoms with Gasteiger partial charge < -0.3 is 10.2 Å². The molecule has 2 aliphatic heterocycles. The maximum Gasteiger partial charge on any atom is 0.151 e. The summed E-state index contributed by atoms with van der Waals surface area (Å²) in [6.07, 6.45) is 6.57. The highest BCUT2D eigenvalue weighted by Crippen LogP contribution is 2.24. The van der Waals surface area contributed by atoms with Crippen molar-refractivity contribution in [3.05, 3.63) is 17.8 Å². The van der Waals surface area contributed by atoms with Gasteiger partial charge in [-0.05, 0) is 50.8 Å². The van der Waals surface area contributed by atoms with Gasteiger partial charge in [-0.3, -0.25) is 4.90 Å². The summed E-state index contributed by atoms with van der Waals surface area (Å²) < 4.78 is 0. The molecule has 114 valence electrons. The number of hydrogen-bond donors (Lipinski definition) is 1. The van der Waals surface area contributed by atoms with Crippen LogP contribution < -0.4 is 10.2 Å². The van der Waals surface area contributed by atoms with Gasteiger partial charge in [0.2, 0.25) is 0 Å². The SMILES string of the molecule is c1cc(N2CCCN3CCCC3C2)nnc1CNC1CC1. The fraction of sp³-hybridized carbons (Fsp3) is 0.750. The highest BCUT2D eigenvalue weighted by Gasteiger charge is 2.29. The van der Waals surface area contributed by atoms with Crippen molar-refractivity contribution < 1.29 is 0 Å². The predicted molar refractivity (Wildman–Crippen MR) is 83.3 cm³/mol. The first-order valence-electron chi connectivity index (χ1n) is 8.43. The molecule has 0 amide bonds. The van der Waals surface area contributed by atoms with Crippen LogP contribution in [-0.2, 0) is 6.54 Å². The highest BCUT2D eigenvalue weighted by atomic mass is 15.3. The number of hydrogen-bond acceptors (Lipinski definition) is 5. The van der Waals surface area contributed by atoms with E-state index < -0.39 is 0 Å². The van der Waals surface area contributed by atoms with Crippen molar-refractivity contribution in [3.63, 3.8) is 0 Å². The van der Waals surface area contributed by atoms with E-state index in [1.807, 2.05) is 0 Å². The number of aromatic nitrogens is 2. The van der Waals surface area contributed by atoms with Crippen LogP contribution in [0.2, 0.25) is 0 Å². The molecule has 1 aromatic heterocycles. The fourth-order valence-electron chi connectivity index (χ4n) is 3.57. The third-order valence-electron chi connectivity index (χ3n) is 4.98. The van der Waals surface area contributed by atoms with E-state index in [1.165, 1.54) is 45.2 Å². The molecule has 21 heavy (non-hydrogen) atoms. The van der Waals surface area contributed by atoms with Gasteiger partial charge >= 0.3 is 0 Å². The smallest absolute Gasteiger partial charge is 0.151 e. The van der Waals surface area contributed by atoms with Gasteiger partial charge in [-0.25, -0.2) is 0 Å². The first-order valence-corrected chi connectivity index (χ1v) is 8.43. The van der Waals surface area contributed by atoms with Gasteiger partial charge in [0, 0.05) is 38.3 Å². The van der Waals surface area contributed by atoms with E-state index in [4.69, 9.17) is 0 Å². The summed E-state index contributed by atoms with van der Waals surface area (Å²) in [5, 5.41) is 12.4.